The van der Waals surface area contributed by atoms with Crippen LogP contribution >= 0.6 is 0 Å². The Morgan fingerprint density at radius 3 is 1.78 bits per heavy atom. The van der Waals surface area contributed by atoms with Crippen molar-refractivity contribution in [3.63, 3.8) is 0 Å². The van der Waals surface area contributed by atoms with Crippen LogP contribution in [0, 0.1) is 16.2 Å². The minimum absolute atomic E-state index is 0.0784. The SMILES string of the molecule is CCOc1cc(C(C2=C(O)CC(C)(C)CC2=O)C2=C(O)CC(C)(C)CC2=O)ccc1OC(=O)C(C)(C)C. The van der Waals surface area contributed by atoms with Crippen LogP contribution in [0.3, 0.4) is 0 Å². The Balaban J connectivity index is 2.23. The number of aliphatic hydroxyl groups is 2. The van der Waals surface area contributed by atoms with Gasteiger partial charge >= 0.3 is 5.97 Å². The summed E-state index contributed by atoms with van der Waals surface area (Å²) in [7, 11) is 0. The fourth-order valence-corrected chi connectivity index (χ4v) is 5.05. The Morgan fingerprint density at radius 2 is 1.38 bits per heavy atom. The summed E-state index contributed by atoms with van der Waals surface area (Å²) in [5, 5.41) is 22.2. The van der Waals surface area contributed by atoms with E-state index < -0.39 is 28.1 Å². The van der Waals surface area contributed by atoms with Crippen molar-refractivity contribution in [2.45, 2.75) is 87.0 Å². The summed E-state index contributed by atoms with van der Waals surface area (Å²) in [5.41, 5.74) is -0.854. The van der Waals surface area contributed by atoms with Crippen LogP contribution in [0.1, 0.15) is 92.6 Å². The molecule has 202 valence electrons. The maximum atomic E-state index is 13.4. The van der Waals surface area contributed by atoms with Gasteiger partial charge in [0.05, 0.1) is 12.0 Å². The standard InChI is InChI=1S/C30H40O7/c1-9-36-23-12-17(10-11-22(23)37-27(35)28(2,3)4)24(25-18(31)13-29(5,6)14-19(25)32)26-20(33)15-30(7,8)16-21(26)34/h10-12,24,31,33H,9,13-16H2,1-8H3. The monoisotopic (exact) mass is 512 g/mol. The van der Waals surface area contributed by atoms with Crippen molar-refractivity contribution in [2.75, 3.05) is 6.61 Å². The number of rotatable bonds is 6. The molecule has 0 spiro atoms. The van der Waals surface area contributed by atoms with Gasteiger partial charge in [0.2, 0.25) is 0 Å². The molecule has 7 heteroatoms. The molecular weight excluding hydrogens is 472 g/mol. The van der Waals surface area contributed by atoms with Crippen LogP contribution in [0.2, 0.25) is 0 Å². The predicted molar refractivity (Wildman–Crippen MR) is 141 cm³/mol. The fraction of sp³-hybridized carbons (Fsp3) is 0.567. The van der Waals surface area contributed by atoms with Gasteiger partial charge in [-0.25, -0.2) is 0 Å². The first-order chi connectivity index (χ1) is 17.0. The molecule has 0 heterocycles. The number of hydrogen-bond acceptors (Lipinski definition) is 7. The number of hydrogen-bond donors (Lipinski definition) is 2. The highest BCUT2D eigenvalue weighted by atomic mass is 16.6. The van der Waals surface area contributed by atoms with Gasteiger partial charge < -0.3 is 19.7 Å². The lowest BCUT2D eigenvalue weighted by molar-refractivity contribution is -0.143. The molecule has 2 aliphatic rings. The highest BCUT2D eigenvalue weighted by Crippen LogP contribution is 2.49. The second kappa shape index (κ2) is 9.99. The average molecular weight is 513 g/mol. The van der Waals surface area contributed by atoms with E-state index in [9.17, 15) is 24.6 Å². The van der Waals surface area contributed by atoms with E-state index in [1.807, 2.05) is 27.7 Å². The highest BCUT2D eigenvalue weighted by molar-refractivity contribution is 6.05. The highest BCUT2D eigenvalue weighted by Gasteiger charge is 2.44. The summed E-state index contributed by atoms with van der Waals surface area (Å²) in [6, 6.07) is 4.85. The van der Waals surface area contributed by atoms with E-state index in [4.69, 9.17) is 9.47 Å². The van der Waals surface area contributed by atoms with E-state index in [0.717, 1.165) is 0 Å². The second-order valence-corrected chi connectivity index (χ2v) is 12.8. The third-order valence-corrected chi connectivity index (χ3v) is 6.79. The summed E-state index contributed by atoms with van der Waals surface area (Å²) in [5.74, 6) is -1.61. The number of benzene rings is 1. The van der Waals surface area contributed by atoms with Gasteiger partial charge in [0.1, 0.15) is 11.5 Å². The van der Waals surface area contributed by atoms with E-state index in [1.165, 1.54) is 0 Å². The zero-order chi connectivity index (χ0) is 27.9. The van der Waals surface area contributed by atoms with Crippen molar-refractivity contribution in [2.24, 2.45) is 16.2 Å². The molecule has 2 N–H and O–H groups in total. The zero-order valence-corrected chi connectivity index (χ0v) is 23.3. The lowest BCUT2D eigenvalue weighted by Gasteiger charge is -2.36. The number of aliphatic hydroxyl groups excluding tert-OH is 2. The topological polar surface area (TPSA) is 110 Å². The predicted octanol–water partition coefficient (Wildman–Crippen LogP) is 6.52. The first kappa shape index (κ1) is 28.5. The van der Waals surface area contributed by atoms with Crippen LogP contribution in [-0.4, -0.2) is 34.4 Å². The first-order valence-electron chi connectivity index (χ1n) is 12.9. The van der Waals surface area contributed by atoms with Crippen molar-refractivity contribution < 1.29 is 34.1 Å². The molecule has 0 amide bonds. The van der Waals surface area contributed by atoms with Crippen molar-refractivity contribution in [1.29, 1.82) is 0 Å². The Bertz CT molecular complexity index is 1120. The van der Waals surface area contributed by atoms with Crippen LogP contribution in [0.15, 0.2) is 40.9 Å². The molecule has 0 unspecified atom stereocenters. The molecule has 7 nitrogen and oxygen atoms in total. The number of carbonyl (C=O) groups excluding carboxylic acids is 3. The van der Waals surface area contributed by atoms with E-state index in [2.05, 4.69) is 0 Å². The molecule has 0 saturated carbocycles. The Morgan fingerprint density at radius 1 is 0.892 bits per heavy atom. The smallest absolute Gasteiger partial charge is 0.316 e. The van der Waals surface area contributed by atoms with E-state index in [-0.39, 0.29) is 78.0 Å². The fourth-order valence-electron chi connectivity index (χ4n) is 5.05. The summed E-state index contributed by atoms with van der Waals surface area (Å²) in [6.07, 6.45) is 0.961. The molecule has 0 aliphatic heterocycles. The molecule has 0 saturated heterocycles. The molecule has 0 atom stereocenters. The molecule has 37 heavy (non-hydrogen) atoms. The number of ether oxygens (including phenoxy) is 2. The van der Waals surface area contributed by atoms with E-state index in [1.54, 1.807) is 45.9 Å². The largest absolute Gasteiger partial charge is 0.512 e. The number of carbonyl (C=O) groups is 3. The first-order valence-corrected chi connectivity index (χ1v) is 12.9. The van der Waals surface area contributed by atoms with Crippen LogP contribution in [0.4, 0.5) is 0 Å². The van der Waals surface area contributed by atoms with Crippen LogP contribution in [0.25, 0.3) is 0 Å². The van der Waals surface area contributed by atoms with Gasteiger partial charge in [-0.15, -0.1) is 0 Å². The van der Waals surface area contributed by atoms with Crippen molar-refractivity contribution >= 4 is 17.5 Å². The maximum absolute atomic E-state index is 13.4. The van der Waals surface area contributed by atoms with Crippen molar-refractivity contribution in [3.05, 3.63) is 46.4 Å². The van der Waals surface area contributed by atoms with Crippen molar-refractivity contribution in [1.82, 2.24) is 0 Å². The lowest BCUT2D eigenvalue weighted by atomic mass is 9.67. The number of esters is 1. The third-order valence-electron chi connectivity index (χ3n) is 6.79. The second-order valence-electron chi connectivity index (χ2n) is 12.8. The Labute approximate surface area is 219 Å². The van der Waals surface area contributed by atoms with E-state index in [0.29, 0.717) is 5.56 Å². The molecule has 0 bridgehead atoms. The number of ketones is 2. The Hall–Kier alpha value is -3.09. The number of Topliss-reactive ketones (excluding diaryl/α,β-unsaturated/α-hetero) is 2. The molecule has 3 rings (SSSR count). The maximum Gasteiger partial charge on any atom is 0.316 e. The summed E-state index contributed by atoms with van der Waals surface area (Å²) in [4.78, 5) is 39.4. The average Bonchev–Trinajstić information content (AvgIpc) is 2.70. The quantitative estimate of drug-likeness (QED) is 0.330. The minimum Gasteiger partial charge on any atom is -0.512 e. The van der Waals surface area contributed by atoms with Gasteiger partial charge in [0.25, 0.3) is 0 Å². The van der Waals surface area contributed by atoms with Crippen molar-refractivity contribution in [3.8, 4) is 11.5 Å². The molecule has 0 fully saturated rings. The van der Waals surface area contributed by atoms with Gasteiger partial charge in [-0.3, -0.25) is 14.4 Å². The van der Waals surface area contributed by atoms with Gasteiger partial charge in [-0.2, -0.15) is 0 Å². The summed E-state index contributed by atoms with van der Waals surface area (Å²) in [6.45, 7) is 14.9. The van der Waals surface area contributed by atoms with Crippen LogP contribution < -0.4 is 9.47 Å². The molecule has 1 aromatic carbocycles. The lowest BCUT2D eigenvalue weighted by Crippen LogP contribution is -2.33. The van der Waals surface area contributed by atoms with Crippen LogP contribution in [-0.2, 0) is 14.4 Å². The van der Waals surface area contributed by atoms with Gasteiger partial charge in [-0.1, -0.05) is 33.8 Å². The van der Waals surface area contributed by atoms with E-state index >= 15 is 0 Å². The molecular formula is C30H40O7. The summed E-state index contributed by atoms with van der Waals surface area (Å²) < 4.78 is 11.4. The molecule has 1 aromatic rings. The normalized spacial score (nSPS) is 19.9. The number of allylic oxidation sites excluding steroid dienone is 4. The Kier molecular flexibility index (Phi) is 7.69. The molecule has 0 aromatic heterocycles. The molecule has 2 aliphatic carbocycles. The van der Waals surface area contributed by atoms with Gasteiger partial charge in [-0.05, 0) is 56.2 Å². The van der Waals surface area contributed by atoms with Gasteiger partial charge in [0.15, 0.2) is 23.1 Å². The van der Waals surface area contributed by atoms with Gasteiger partial charge in [0, 0.05) is 42.7 Å². The van der Waals surface area contributed by atoms with Crippen LogP contribution in [0.5, 0.6) is 11.5 Å². The minimum atomic E-state index is -0.973. The molecule has 0 radical (unpaired) electrons. The zero-order valence-electron chi connectivity index (χ0n) is 23.3. The third kappa shape index (κ3) is 6.25. The summed E-state index contributed by atoms with van der Waals surface area (Å²) >= 11 is 0.